The van der Waals surface area contributed by atoms with Gasteiger partial charge in [-0.15, -0.1) is 0 Å². The lowest BCUT2D eigenvalue weighted by atomic mass is 9.53. The Bertz CT molecular complexity index is 708. The number of piperidine rings is 1. The van der Waals surface area contributed by atoms with Gasteiger partial charge in [-0.1, -0.05) is 45.6 Å². The minimum atomic E-state index is -0.112. The van der Waals surface area contributed by atoms with Crippen molar-refractivity contribution in [2.75, 3.05) is 13.3 Å². The Kier molecular flexibility index (Phi) is 6.48. The zero-order chi connectivity index (χ0) is 20.3. The highest BCUT2D eigenvalue weighted by Gasteiger charge is 2.51. The first kappa shape index (κ1) is 20.7. The third kappa shape index (κ3) is 4.05. The van der Waals surface area contributed by atoms with Crippen molar-refractivity contribution in [1.82, 2.24) is 5.32 Å². The molecule has 0 spiro atoms. The van der Waals surface area contributed by atoms with E-state index in [4.69, 9.17) is 9.47 Å². The maximum atomic E-state index is 12.4. The lowest BCUT2D eigenvalue weighted by molar-refractivity contribution is -0.155. The van der Waals surface area contributed by atoms with Crippen LogP contribution >= 0.6 is 0 Å². The molecule has 1 aliphatic heterocycles. The van der Waals surface area contributed by atoms with E-state index in [1.54, 1.807) is 0 Å². The summed E-state index contributed by atoms with van der Waals surface area (Å²) in [5.41, 5.74) is 3.32. The highest BCUT2D eigenvalue weighted by Crippen LogP contribution is 2.54. The molecule has 0 radical (unpaired) electrons. The highest BCUT2D eigenvalue weighted by atomic mass is 16.7. The molecule has 4 nitrogen and oxygen atoms in total. The number of hydrogen-bond donors (Lipinski definition) is 1. The van der Waals surface area contributed by atoms with Gasteiger partial charge in [0.1, 0.15) is 5.75 Å². The van der Waals surface area contributed by atoms with Crippen LogP contribution in [0.3, 0.4) is 0 Å². The van der Waals surface area contributed by atoms with Crippen LogP contribution in [0.1, 0.15) is 82.8 Å². The monoisotopic (exact) mass is 399 g/mol. The Hall–Kier alpha value is -1.55. The van der Waals surface area contributed by atoms with Crippen LogP contribution in [0.25, 0.3) is 0 Å². The third-order valence-corrected chi connectivity index (χ3v) is 7.65. The third-order valence-electron chi connectivity index (χ3n) is 7.65. The number of nitrogens with one attached hydrogen (secondary N) is 1. The number of benzene rings is 1. The second-order valence-corrected chi connectivity index (χ2v) is 9.34. The second-order valence-electron chi connectivity index (χ2n) is 9.34. The molecule has 2 aliphatic carbocycles. The molecule has 29 heavy (non-hydrogen) atoms. The fourth-order valence-electron chi connectivity index (χ4n) is 6.34. The molecule has 4 heteroatoms. The molecule has 2 bridgehead atoms. The predicted octanol–water partition coefficient (Wildman–Crippen LogP) is 5.13. The van der Waals surface area contributed by atoms with Gasteiger partial charge in [-0.3, -0.25) is 4.79 Å². The molecular weight excluding hydrogens is 362 g/mol. The molecule has 1 saturated carbocycles. The van der Waals surface area contributed by atoms with Crippen LogP contribution in [0.2, 0.25) is 0 Å². The van der Waals surface area contributed by atoms with Gasteiger partial charge in [0.05, 0.1) is 5.92 Å². The van der Waals surface area contributed by atoms with Gasteiger partial charge in [-0.25, -0.2) is 0 Å². The van der Waals surface area contributed by atoms with Crippen molar-refractivity contribution in [3.05, 3.63) is 29.3 Å². The number of carbonyl (C=O) groups excluding carboxylic acids is 1. The van der Waals surface area contributed by atoms with E-state index in [1.807, 2.05) is 0 Å². The fourth-order valence-corrected chi connectivity index (χ4v) is 6.34. The van der Waals surface area contributed by atoms with Crippen molar-refractivity contribution in [3.8, 4) is 5.75 Å². The molecule has 0 aromatic heterocycles. The van der Waals surface area contributed by atoms with Crippen molar-refractivity contribution in [2.45, 2.75) is 89.5 Å². The predicted molar refractivity (Wildman–Crippen MR) is 115 cm³/mol. The second kappa shape index (κ2) is 9.07. The summed E-state index contributed by atoms with van der Waals surface area (Å²) >= 11 is 0. The number of ether oxygens (including phenoxy) is 2. The van der Waals surface area contributed by atoms with Crippen LogP contribution in [0.5, 0.6) is 5.75 Å². The molecule has 0 amide bonds. The van der Waals surface area contributed by atoms with Crippen molar-refractivity contribution >= 4 is 5.97 Å². The topological polar surface area (TPSA) is 47.6 Å². The van der Waals surface area contributed by atoms with E-state index in [1.165, 1.54) is 43.2 Å². The summed E-state index contributed by atoms with van der Waals surface area (Å²) in [5, 5.41) is 3.79. The van der Waals surface area contributed by atoms with Gasteiger partial charge < -0.3 is 14.8 Å². The molecule has 3 aliphatic rings. The van der Waals surface area contributed by atoms with Crippen LogP contribution in [0.15, 0.2) is 18.2 Å². The Morgan fingerprint density at radius 3 is 2.83 bits per heavy atom. The largest absolute Gasteiger partial charge is 0.457 e. The molecule has 1 heterocycles. The lowest BCUT2D eigenvalue weighted by Gasteiger charge is -2.56. The van der Waals surface area contributed by atoms with Crippen LogP contribution in [0.4, 0.5) is 0 Å². The molecule has 3 atom stereocenters. The SMILES string of the molecule is CCCC(CCC)C(=O)OCOc1ccc2c(c1)[C@@]13CCCC[C@H]1[C@@H](C2)NCC3. The smallest absolute Gasteiger partial charge is 0.311 e. The van der Waals surface area contributed by atoms with Crippen LogP contribution in [-0.4, -0.2) is 25.3 Å². The quantitative estimate of drug-likeness (QED) is 0.486. The van der Waals surface area contributed by atoms with Gasteiger partial charge in [0.2, 0.25) is 6.79 Å². The molecule has 1 N–H and O–H groups in total. The molecule has 1 aromatic carbocycles. The number of fused-ring (bicyclic) bond motifs is 1. The Balaban J connectivity index is 1.44. The number of hydrogen-bond acceptors (Lipinski definition) is 4. The zero-order valence-corrected chi connectivity index (χ0v) is 18.2. The standard InChI is InChI=1S/C25H37NO3/c1-3-7-18(8-4-2)24(27)29-17-28-20-11-10-19-15-23-21-9-5-6-12-25(21,13-14-26-23)22(19)16-20/h10-11,16,18,21,23,26H,3-9,12-15,17H2,1-2H3/t21-,23+,25+/m0/s1. The van der Waals surface area contributed by atoms with Gasteiger partial charge in [0.25, 0.3) is 0 Å². The van der Waals surface area contributed by atoms with Gasteiger partial charge in [-0.05, 0) is 74.2 Å². The van der Waals surface area contributed by atoms with E-state index in [0.29, 0.717) is 11.5 Å². The zero-order valence-electron chi connectivity index (χ0n) is 18.2. The van der Waals surface area contributed by atoms with Gasteiger partial charge in [0, 0.05) is 11.5 Å². The Morgan fingerprint density at radius 2 is 2.03 bits per heavy atom. The lowest BCUT2D eigenvalue weighted by Crippen LogP contribution is -2.59. The first-order chi connectivity index (χ1) is 14.2. The minimum absolute atomic E-state index is 0.00527. The van der Waals surface area contributed by atoms with E-state index in [9.17, 15) is 4.79 Å². The first-order valence-corrected chi connectivity index (χ1v) is 11.8. The van der Waals surface area contributed by atoms with Crippen LogP contribution < -0.4 is 10.1 Å². The number of carbonyl (C=O) groups is 1. The van der Waals surface area contributed by atoms with Crippen molar-refractivity contribution in [2.24, 2.45) is 11.8 Å². The molecule has 4 rings (SSSR count). The average Bonchev–Trinajstić information content (AvgIpc) is 2.74. The van der Waals surface area contributed by atoms with Crippen molar-refractivity contribution in [3.63, 3.8) is 0 Å². The number of esters is 1. The van der Waals surface area contributed by atoms with Gasteiger partial charge in [0.15, 0.2) is 0 Å². The van der Waals surface area contributed by atoms with E-state index in [-0.39, 0.29) is 18.7 Å². The summed E-state index contributed by atoms with van der Waals surface area (Å²) in [7, 11) is 0. The maximum absolute atomic E-state index is 12.4. The highest BCUT2D eigenvalue weighted by molar-refractivity contribution is 5.72. The molecule has 2 fully saturated rings. The molecule has 1 saturated heterocycles. The molecule has 1 aromatic rings. The first-order valence-electron chi connectivity index (χ1n) is 11.8. The van der Waals surface area contributed by atoms with E-state index in [0.717, 1.165) is 50.3 Å². The van der Waals surface area contributed by atoms with Gasteiger partial charge >= 0.3 is 5.97 Å². The normalized spacial score (nSPS) is 27.8. The summed E-state index contributed by atoms with van der Waals surface area (Å²) in [6.45, 7) is 5.37. The van der Waals surface area contributed by atoms with E-state index >= 15 is 0 Å². The Morgan fingerprint density at radius 1 is 1.21 bits per heavy atom. The summed E-state index contributed by atoms with van der Waals surface area (Å²) < 4.78 is 11.4. The van der Waals surface area contributed by atoms with Gasteiger partial charge in [-0.2, -0.15) is 0 Å². The van der Waals surface area contributed by atoms with Crippen LogP contribution in [-0.2, 0) is 21.4 Å². The summed E-state index contributed by atoms with van der Waals surface area (Å²) in [5.74, 6) is 1.49. The molecular formula is C25H37NO3. The average molecular weight is 400 g/mol. The maximum Gasteiger partial charge on any atom is 0.311 e. The van der Waals surface area contributed by atoms with Crippen LogP contribution in [0, 0.1) is 11.8 Å². The molecule has 0 unspecified atom stereocenters. The summed E-state index contributed by atoms with van der Waals surface area (Å²) in [4.78, 5) is 12.4. The summed E-state index contributed by atoms with van der Waals surface area (Å²) in [6.07, 6.45) is 11.5. The fraction of sp³-hybridized carbons (Fsp3) is 0.720. The summed E-state index contributed by atoms with van der Waals surface area (Å²) in [6, 6.07) is 7.20. The van der Waals surface area contributed by atoms with E-state index in [2.05, 4.69) is 37.4 Å². The number of rotatable bonds is 8. The molecule has 160 valence electrons. The minimum Gasteiger partial charge on any atom is -0.457 e. The van der Waals surface area contributed by atoms with Crippen molar-refractivity contribution < 1.29 is 14.3 Å². The van der Waals surface area contributed by atoms with Crippen molar-refractivity contribution in [1.29, 1.82) is 0 Å². The van der Waals surface area contributed by atoms with E-state index < -0.39 is 0 Å². The Labute approximate surface area is 175 Å².